The number of Topliss-reactive ketones (excluding diaryl/α,β-unsaturated/α-hetero) is 1. The number of carbonyl (C=O) groups excluding carboxylic acids is 2. The zero-order chi connectivity index (χ0) is 12.0. The molecule has 0 aliphatic rings. The van der Waals surface area contributed by atoms with E-state index in [2.05, 4.69) is 5.32 Å². The highest BCUT2D eigenvalue weighted by Gasteiger charge is 2.05. The maximum atomic E-state index is 11.5. The molecule has 1 amide bonds. The summed E-state index contributed by atoms with van der Waals surface area (Å²) in [6.45, 7) is 1.42. The number of hydrogen-bond donors (Lipinski definition) is 1. The third-order valence-electron chi connectivity index (χ3n) is 1.99. The molecule has 0 radical (unpaired) electrons. The first-order valence-corrected chi connectivity index (χ1v) is 4.91. The van der Waals surface area contributed by atoms with Crippen molar-refractivity contribution in [2.75, 3.05) is 5.32 Å². The summed E-state index contributed by atoms with van der Waals surface area (Å²) in [6.07, 6.45) is 0.461. The van der Waals surface area contributed by atoms with Crippen LogP contribution in [0.5, 0.6) is 0 Å². The predicted molar refractivity (Wildman–Crippen MR) is 59.9 cm³/mol. The van der Waals surface area contributed by atoms with Gasteiger partial charge in [0.1, 0.15) is 0 Å². The second-order valence-electron chi connectivity index (χ2n) is 3.34. The highest BCUT2D eigenvalue weighted by molar-refractivity contribution is 5.97. The summed E-state index contributed by atoms with van der Waals surface area (Å²) in [5.74, 6) is -0.209. The van der Waals surface area contributed by atoms with E-state index >= 15 is 0 Å². The number of amides is 1. The molecule has 0 aliphatic heterocycles. The number of hydrogen-bond acceptors (Lipinski definition) is 3. The Morgan fingerprint density at radius 3 is 2.44 bits per heavy atom. The van der Waals surface area contributed by atoms with Crippen LogP contribution in [0.25, 0.3) is 0 Å². The van der Waals surface area contributed by atoms with Gasteiger partial charge >= 0.3 is 0 Å². The smallest absolute Gasteiger partial charge is 0.221 e. The van der Waals surface area contributed by atoms with Crippen LogP contribution >= 0.6 is 0 Å². The zero-order valence-corrected chi connectivity index (χ0v) is 8.99. The largest absolute Gasteiger partial charge is 0.326 e. The van der Waals surface area contributed by atoms with Crippen LogP contribution in [-0.2, 0) is 4.79 Å². The van der Waals surface area contributed by atoms with E-state index in [9.17, 15) is 9.59 Å². The molecule has 4 nitrogen and oxygen atoms in total. The van der Waals surface area contributed by atoms with Gasteiger partial charge in [-0.15, -0.1) is 0 Å². The second kappa shape index (κ2) is 5.66. The minimum absolute atomic E-state index is 0.0593. The number of nitrogens with one attached hydrogen (secondary N) is 1. The van der Waals surface area contributed by atoms with Crippen LogP contribution in [0.15, 0.2) is 24.3 Å². The third kappa shape index (κ3) is 3.54. The molecule has 16 heavy (non-hydrogen) atoms. The Labute approximate surface area is 93.9 Å². The Morgan fingerprint density at radius 1 is 1.31 bits per heavy atom. The first-order valence-electron chi connectivity index (χ1n) is 4.91. The van der Waals surface area contributed by atoms with Crippen LogP contribution in [0.4, 0.5) is 5.69 Å². The van der Waals surface area contributed by atoms with Crippen molar-refractivity contribution in [2.45, 2.75) is 19.8 Å². The normalized spacial score (nSPS) is 9.25. The lowest BCUT2D eigenvalue weighted by Crippen LogP contribution is -2.06. The molecule has 0 bridgehead atoms. The van der Waals surface area contributed by atoms with Gasteiger partial charge in [0.05, 0.1) is 6.07 Å². The van der Waals surface area contributed by atoms with E-state index < -0.39 is 0 Å². The summed E-state index contributed by atoms with van der Waals surface area (Å²) in [5, 5.41) is 11.0. The van der Waals surface area contributed by atoms with Crippen LogP contribution in [0.2, 0.25) is 0 Å². The zero-order valence-electron chi connectivity index (χ0n) is 8.99. The average Bonchev–Trinajstić information content (AvgIpc) is 2.26. The molecule has 1 rings (SSSR count). The van der Waals surface area contributed by atoms with Crippen molar-refractivity contribution in [1.29, 1.82) is 5.26 Å². The van der Waals surface area contributed by atoms with Gasteiger partial charge in [0.25, 0.3) is 0 Å². The highest BCUT2D eigenvalue weighted by Crippen LogP contribution is 2.11. The van der Waals surface area contributed by atoms with Gasteiger partial charge in [0.15, 0.2) is 5.78 Å². The Bertz CT molecular complexity index is 429. The fraction of sp³-hybridized carbons (Fsp3) is 0.250. The van der Waals surface area contributed by atoms with Gasteiger partial charge in [-0.3, -0.25) is 9.59 Å². The summed E-state index contributed by atoms with van der Waals surface area (Å²) in [6, 6.07) is 8.55. The van der Waals surface area contributed by atoms with Crippen LogP contribution in [0, 0.1) is 11.3 Å². The van der Waals surface area contributed by atoms with Crippen molar-refractivity contribution in [3.8, 4) is 6.07 Å². The molecule has 0 saturated carbocycles. The molecule has 0 unspecified atom stereocenters. The number of rotatable bonds is 4. The van der Waals surface area contributed by atoms with E-state index in [0.29, 0.717) is 11.3 Å². The summed E-state index contributed by atoms with van der Waals surface area (Å²) in [5.41, 5.74) is 1.22. The van der Waals surface area contributed by atoms with Crippen LogP contribution in [-0.4, -0.2) is 11.7 Å². The fourth-order valence-corrected chi connectivity index (χ4v) is 1.26. The number of nitriles is 1. The molecular formula is C12H12N2O2. The van der Waals surface area contributed by atoms with Gasteiger partial charge in [-0.25, -0.2) is 0 Å². The quantitative estimate of drug-likeness (QED) is 0.784. The predicted octanol–water partition coefficient (Wildman–Crippen LogP) is 2.13. The second-order valence-corrected chi connectivity index (χ2v) is 3.34. The number of benzene rings is 1. The van der Waals surface area contributed by atoms with Gasteiger partial charge in [0.2, 0.25) is 5.91 Å². The number of nitrogens with zero attached hydrogens (tertiary/aromatic N) is 1. The minimum atomic E-state index is -0.149. The van der Waals surface area contributed by atoms with Crippen molar-refractivity contribution >= 4 is 17.4 Å². The van der Waals surface area contributed by atoms with Crippen LogP contribution < -0.4 is 5.32 Å². The molecule has 0 atom stereocenters. The SMILES string of the molecule is CC(=O)Nc1ccc(C(=O)CCC#N)cc1. The maximum absolute atomic E-state index is 11.5. The van der Waals surface area contributed by atoms with Crippen molar-refractivity contribution < 1.29 is 9.59 Å². The van der Waals surface area contributed by atoms with E-state index in [4.69, 9.17) is 5.26 Å². The Hall–Kier alpha value is -2.15. The van der Waals surface area contributed by atoms with Crippen molar-refractivity contribution in [3.05, 3.63) is 29.8 Å². The standard InChI is InChI=1S/C12H12N2O2/c1-9(15)14-11-6-4-10(5-7-11)12(16)3-2-8-13/h4-7H,2-3H2,1H3,(H,14,15). The summed E-state index contributed by atoms with van der Waals surface area (Å²) >= 11 is 0. The van der Waals surface area contributed by atoms with E-state index in [-0.39, 0.29) is 24.5 Å². The van der Waals surface area contributed by atoms with Crippen molar-refractivity contribution in [2.24, 2.45) is 0 Å². The Balaban J connectivity index is 2.67. The van der Waals surface area contributed by atoms with E-state index in [0.717, 1.165) is 0 Å². The van der Waals surface area contributed by atoms with Crippen LogP contribution in [0.3, 0.4) is 0 Å². The average molecular weight is 216 g/mol. The molecule has 4 heteroatoms. The van der Waals surface area contributed by atoms with E-state index in [1.807, 2.05) is 6.07 Å². The lowest BCUT2D eigenvalue weighted by atomic mass is 10.1. The molecule has 0 aliphatic carbocycles. The highest BCUT2D eigenvalue weighted by atomic mass is 16.1. The van der Waals surface area contributed by atoms with E-state index in [1.54, 1.807) is 24.3 Å². The molecule has 1 aromatic rings. The molecule has 0 aromatic heterocycles. The molecular weight excluding hydrogens is 204 g/mol. The summed E-state index contributed by atoms with van der Waals surface area (Å²) in [7, 11) is 0. The Morgan fingerprint density at radius 2 is 1.94 bits per heavy atom. The first-order chi connectivity index (χ1) is 7.63. The van der Waals surface area contributed by atoms with Crippen molar-refractivity contribution in [1.82, 2.24) is 0 Å². The number of carbonyl (C=O) groups is 2. The van der Waals surface area contributed by atoms with Gasteiger partial charge < -0.3 is 5.32 Å². The first kappa shape index (κ1) is 11.9. The van der Waals surface area contributed by atoms with Gasteiger partial charge in [-0.05, 0) is 24.3 Å². The Kier molecular flexibility index (Phi) is 4.22. The monoisotopic (exact) mass is 216 g/mol. The topological polar surface area (TPSA) is 70.0 Å². The number of ketones is 1. The molecule has 1 N–H and O–H groups in total. The van der Waals surface area contributed by atoms with Crippen molar-refractivity contribution in [3.63, 3.8) is 0 Å². The molecule has 0 fully saturated rings. The minimum Gasteiger partial charge on any atom is -0.326 e. The molecule has 0 heterocycles. The molecule has 1 aromatic carbocycles. The lowest BCUT2D eigenvalue weighted by molar-refractivity contribution is -0.114. The van der Waals surface area contributed by atoms with Crippen LogP contribution in [0.1, 0.15) is 30.1 Å². The maximum Gasteiger partial charge on any atom is 0.221 e. The summed E-state index contributed by atoms with van der Waals surface area (Å²) < 4.78 is 0. The molecule has 0 spiro atoms. The molecule has 0 saturated heterocycles. The lowest BCUT2D eigenvalue weighted by Gasteiger charge is -2.03. The molecule has 82 valence electrons. The number of anilines is 1. The van der Waals surface area contributed by atoms with Gasteiger partial charge in [-0.1, -0.05) is 0 Å². The third-order valence-corrected chi connectivity index (χ3v) is 1.99. The van der Waals surface area contributed by atoms with Gasteiger partial charge in [0, 0.05) is 31.0 Å². The van der Waals surface area contributed by atoms with E-state index in [1.165, 1.54) is 6.92 Å². The van der Waals surface area contributed by atoms with Gasteiger partial charge in [-0.2, -0.15) is 5.26 Å². The fourth-order valence-electron chi connectivity index (χ4n) is 1.26. The summed E-state index contributed by atoms with van der Waals surface area (Å²) in [4.78, 5) is 22.3.